The summed E-state index contributed by atoms with van der Waals surface area (Å²) in [4.78, 5) is 0. The van der Waals surface area contributed by atoms with E-state index >= 15 is 0 Å². The third kappa shape index (κ3) is 1.30. The largest absolute Gasteiger partial charge is 0.343 e. The molecule has 5 atom stereocenters. The highest BCUT2D eigenvalue weighted by Crippen LogP contribution is 2.71. The van der Waals surface area contributed by atoms with Gasteiger partial charge in [0, 0.05) is 18.3 Å². The van der Waals surface area contributed by atoms with Crippen LogP contribution in [0, 0.1) is 28.6 Å². The summed E-state index contributed by atoms with van der Waals surface area (Å²) in [7, 11) is 2.33. The van der Waals surface area contributed by atoms with E-state index < -0.39 is 0 Å². The number of fused-ring (bicyclic) bond motifs is 1. The second-order valence-electron chi connectivity index (χ2n) is 8.23. The Hall–Kier alpha value is -0.0400. The van der Waals surface area contributed by atoms with Crippen LogP contribution in [0.2, 0.25) is 0 Å². The Labute approximate surface area is 107 Å². The summed E-state index contributed by atoms with van der Waals surface area (Å²) in [5, 5.41) is 2.58. The number of rotatable bonds is 2. The van der Waals surface area contributed by atoms with Gasteiger partial charge in [0.2, 0.25) is 0 Å². The van der Waals surface area contributed by atoms with Gasteiger partial charge in [0.1, 0.15) is 5.54 Å². The zero-order valence-electron chi connectivity index (χ0n) is 12.3. The molecular formula is C16H30N+. The fourth-order valence-corrected chi connectivity index (χ4v) is 6.23. The molecule has 4 aliphatic carbocycles. The maximum Gasteiger partial charge on any atom is 0.101 e. The van der Waals surface area contributed by atoms with Crippen LogP contribution < -0.4 is 5.32 Å². The summed E-state index contributed by atoms with van der Waals surface area (Å²) in [6.07, 6.45) is 7.51. The van der Waals surface area contributed by atoms with Gasteiger partial charge in [-0.1, -0.05) is 27.7 Å². The Balaban J connectivity index is 2.00. The zero-order valence-corrected chi connectivity index (χ0v) is 12.3. The van der Waals surface area contributed by atoms with Crippen LogP contribution in [0.5, 0.6) is 0 Å². The van der Waals surface area contributed by atoms with Crippen LogP contribution in [0.4, 0.5) is 0 Å². The molecule has 0 amide bonds. The number of hydrogen-bond acceptors (Lipinski definition) is 0. The van der Waals surface area contributed by atoms with E-state index in [4.69, 9.17) is 0 Å². The van der Waals surface area contributed by atoms with Crippen LogP contribution in [0.15, 0.2) is 0 Å². The molecule has 0 saturated heterocycles. The lowest BCUT2D eigenvalue weighted by atomic mass is 9.45. The highest BCUT2D eigenvalue weighted by molar-refractivity contribution is 5.15. The molecule has 4 saturated carbocycles. The Bertz CT molecular complexity index is 316. The Morgan fingerprint density at radius 2 is 1.53 bits per heavy atom. The van der Waals surface area contributed by atoms with E-state index in [2.05, 4.69) is 40.1 Å². The van der Waals surface area contributed by atoms with Crippen LogP contribution >= 0.6 is 0 Å². The molecule has 4 aliphatic rings. The van der Waals surface area contributed by atoms with Crippen molar-refractivity contribution in [2.24, 2.45) is 28.6 Å². The highest BCUT2D eigenvalue weighted by Gasteiger charge is 2.67. The molecule has 4 fully saturated rings. The SMILES string of the molecule is C[NH2+][C@]1(C(C)C)CC2[C@@]3(C)CC[C@]2(C)CC1C3. The van der Waals surface area contributed by atoms with Crippen LogP contribution in [-0.4, -0.2) is 12.6 Å². The van der Waals surface area contributed by atoms with Gasteiger partial charge in [-0.15, -0.1) is 0 Å². The molecule has 2 unspecified atom stereocenters. The predicted octanol–water partition coefficient (Wildman–Crippen LogP) is 2.81. The zero-order chi connectivity index (χ0) is 12.5. The van der Waals surface area contributed by atoms with Crippen molar-refractivity contribution in [3.05, 3.63) is 0 Å². The second-order valence-corrected chi connectivity index (χ2v) is 8.23. The Morgan fingerprint density at radius 3 is 1.88 bits per heavy atom. The van der Waals surface area contributed by atoms with E-state index in [0.29, 0.717) is 16.4 Å². The average Bonchev–Trinajstić information content (AvgIpc) is 2.42. The van der Waals surface area contributed by atoms with Gasteiger partial charge < -0.3 is 5.32 Å². The van der Waals surface area contributed by atoms with E-state index in [9.17, 15) is 0 Å². The van der Waals surface area contributed by atoms with Gasteiger partial charge >= 0.3 is 0 Å². The van der Waals surface area contributed by atoms with Crippen molar-refractivity contribution in [3.63, 3.8) is 0 Å². The quantitative estimate of drug-likeness (QED) is 0.759. The molecular weight excluding hydrogens is 206 g/mol. The third-order valence-electron chi connectivity index (χ3n) is 7.31. The van der Waals surface area contributed by atoms with Gasteiger partial charge in [-0.3, -0.25) is 0 Å². The number of hydrogen-bond donors (Lipinski definition) is 1. The lowest BCUT2D eigenvalue weighted by molar-refractivity contribution is -0.729. The van der Waals surface area contributed by atoms with Gasteiger partial charge in [0.05, 0.1) is 7.05 Å². The molecule has 4 rings (SSSR count). The van der Waals surface area contributed by atoms with Gasteiger partial charge in [-0.25, -0.2) is 0 Å². The molecule has 17 heavy (non-hydrogen) atoms. The summed E-state index contributed by atoms with van der Waals surface area (Å²) in [6, 6.07) is 0. The molecule has 0 aromatic carbocycles. The van der Waals surface area contributed by atoms with Crippen LogP contribution in [0.3, 0.4) is 0 Å². The van der Waals surface area contributed by atoms with Crippen molar-refractivity contribution < 1.29 is 5.32 Å². The maximum atomic E-state index is 2.59. The monoisotopic (exact) mass is 236 g/mol. The molecule has 2 N–H and O–H groups in total. The first-order chi connectivity index (χ1) is 7.86. The lowest BCUT2D eigenvalue weighted by Gasteiger charge is -2.61. The first-order valence-corrected chi connectivity index (χ1v) is 7.67. The Morgan fingerprint density at radius 1 is 1.00 bits per heavy atom. The summed E-state index contributed by atoms with van der Waals surface area (Å²) in [5.74, 6) is 2.79. The number of quaternary nitrogens is 1. The van der Waals surface area contributed by atoms with Crippen molar-refractivity contribution in [2.45, 2.75) is 65.3 Å². The number of nitrogens with two attached hydrogens (primary N) is 1. The first kappa shape index (κ1) is 12.0. The normalized spacial score (nSPS) is 56.8. The second kappa shape index (κ2) is 3.29. The molecule has 0 heterocycles. The standard InChI is InChI=1S/C16H29N/c1-11(2)16(17-5)10-13-14(3)6-7-15(13,4)9-12(16)8-14/h11-13,17H,6-10H2,1-5H3/p+1/t12?,13?,14-,15+,16-/m0/s1. The van der Waals surface area contributed by atoms with Crippen molar-refractivity contribution in [2.75, 3.05) is 7.05 Å². The molecule has 0 aromatic rings. The molecule has 98 valence electrons. The van der Waals surface area contributed by atoms with Crippen molar-refractivity contribution in [1.29, 1.82) is 0 Å². The van der Waals surface area contributed by atoms with E-state index in [0.717, 1.165) is 17.8 Å². The summed E-state index contributed by atoms with van der Waals surface area (Å²) >= 11 is 0. The van der Waals surface area contributed by atoms with Crippen molar-refractivity contribution in [3.8, 4) is 0 Å². The molecule has 1 heteroatoms. The van der Waals surface area contributed by atoms with Gasteiger partial charge in [-0.05, 0) is 42.4 Å². The van der Waals surface area contributed by atoms with Crippen molar-refractivity contribution in [1.82, 2.24) is 0 Å². The highest BCUT2D eigenvalue weighted by atomic mass is 15.0. The molecule has 1 nitrogen and oxygen atoms in total. The van der Waals surface area contributed by atoms with E-state index in [1.54, 1.807) is 0 Å². The topological polar surface area (TPSA) is 16.6 Å². The minimum atomic E-state index is 0.564. The summed E-state index contributed by atoms with van der Waals surface area (Å²) < 4.78 is 0. The fourth-order valence-electron chi connectivity index (χ4n) is 6.23. The first-order valence-electron chi connectivity index (χ1n) is 7.67. The summed E-state index contributed by atoms with van der Waals surface area (Å²) in [6.45, 7) is 10.1. The molecule has 0 spiro atoms. The van der Waals surface area contributed by atoms with E-state index in [1.165, 1.54) is 32.1 Å². The minimum Gasteiger partial charge on any atom is -0.343 e. The predicted molar refractivity (Wildman–Crippen MR) is 71.7 cm³/mol. The lowest BCUT2D eigenvalue weighted by Crippen LogP contribution is -2.99. The van der Waals surface area contributed by atoms with Gasteiger partial charge in [-0.2, -0.15) is 0 Å². The fraction of sp³-hybridized carbons (Fsp3) is 1.00. The van der Waals surface area contributed by atoms with E-state index in [1.807, 2.05) is 0 Å². The van der Waals surface area contributed by atoms with E-state index in [-0.39, 0.29) is 0 Å². The summed E-state index contributed by atoms with van der Waals surface area (Å²) in [5.41, 5.74) is 1.95. The van der Waals surface area contributed by atoms with Crippen LogP contribution in [0.1, 0.15) is 59.8 Å². The van der Waals surface area contributed by atoms with Gasteiger partial charge in [0.15, 0.2) is 0 Å². The maximum absolute atomic E-state index is 2.59. The molecule has 4 bridgehead atoms. The third-order valence-corrected chi connectivity index (χ3v) is 7.31. The van der Waals surface area contributed by atoms with Gasteiger partial charge in [0.25, 0.3) is 0 Å². The van der Waals surface area contributed by atoms with Crippen molar-refractivity contribution >= 4 is 0 Å². The van der Waals surface area contributed by atoms with Crippen LogP contribution in [0.25, 0.3) is 0 Å². The molecule has 0 radical (unpaired) electrons. The average molecular weight is 236 g/mol. The molecule has 0 aromatic heterocycles. The van der Waals surface area contributed by atoms with Crippen LogP contribution in [-0.2, 0) is 0 Å². The smallest absolute Gasteiger partial charge is 0.101 e. The molecule has 0 aliphatic heterocycles. The Kier molecular flexibility index (Phi) is 2.32. The minimum absolute atomic E-state index is 0.564.